The minimum absolute atomic E-state index is 0.0155. The lowest BCUT2D eigenvalue weighted by atomic mass is 10.0. The Labute approximate surface area is 229 Å². The molecule has 1 saturated carbocycles. The van der Waals surface area contributed by atoms with Gasteiger partial charge < -0.3 is 16.0 Å². The number of pyridine rings is 1. The quantitative estimate of drug-likeness (QED) is 0.269. The van der Waals surface area contributed by atoms with Gasteiger partial charge in [0.05, 0.1) is 28.4 Å². The van der Waals surface area contributed by atoms with Gasteiger partial charge in [0.15, 0.2) is 5.82 Å². The van der Waals surface area contributed by atoms with Crippen LogP contribution >= 0.6 is 0 Å². The normalized spacial score (nSPS) is 13.3. The number of fused-ring (bicyclic) bond motifs is 1. The maximum atomic E-state index is 14.3. The molecule has 0 saturated heterocycles. The molecule has 1 aliphatic carbocycles. The average molecular weight is 584 g/mol. The van der Waals surface area contributed by atoms with Crippen LogP contribution in [0.15, 0.2) is 46.4 Å². The summed E-state index contributed by atoms with van der Waals surface area (Å²) in [6, 6.07) is 4.10. The molecular formula is C26H27F6N7O2. The number of hydrogen-bond donors (Lipinski definition) is 3. The Balaban J connectivity index is 0.000000212. The number of rotatable bonds is 2. The molecule has 0 spiro atoms. The first-order valence-corrected chi connectivity index (χ1v) is 12.4. The van der Waals surface area contributed by atoms with E-state index in [9.17, 15) is 35.9 Å². The molecule has 0 radical (unpaired) electrons. The standard InChI is InChI=1S/C15H11F3N4O.C6H12.C5H4F3N3O/c1-22-3-2-7-4-9(11(16)5-8(7)15(22)23)14-20-6-10(12(17)18)13(19)21-14;1-2-4-6-5-3-1;6-5(7,8)3-2(9)1-10-11-4(3)12/h2-6,12H,1H3,(H2,19,20,21);1-6H2;1H,(H3,9,11,12). The van der Waals surface area contributed by atoms with Crippen LogP contribution in [0.25, 0.3) is 22.2 Å². The summed E-state index contributed by atoms with van der Waals surface area (Å²) in [5.74, 6) is -1.26. The molecule has 0 amide bonds. The van der Waals surface area contributed by atoms with Crippen LogP contribution < -0.4 is 22.6 Å². The van der Waals surface area contributed by atoms with E-state index in [4.69, 9.17) is 11.5 Å². The molecule has 1 aliphatic rings. The van der Waals surface area contributed by atoms with Crippen molar-refractivity contribution < 1.29 is 26.3 Å². The minimum atomic E-state index is -4.74. The fourth-order valence-electron chi connectivity index (χ4n) is 4.00. The lowest BCUT2D eigenvalue weighted by Crippen LogP contribution is -2.24. The smallest absolute Gasteiger partial charge is 0.397 e. The largest absolute Gasteiger partial charge is 0.423 e. The maximum absolute atomic E-state index is 14.3. The molecule has 3 heterocycles. The Hall–Kier alpha value is -4.43. The summed E-state index contributed by atoms with van der Waals surface area (Å²) in [5.41, 5.74) is 6.08. The van der Waals surface area contributed by atoms with Crippen molar-refractivity contribution in [2.75, 3.05) is 11.5 Å². The second-order valence-corrected chi connectivity index (χ2v) is 9.13. The number of anilines is 2. The molecule has 0 aliphatic heterocycles. The average Bonchev–Trinajstić information content (AvgIpc) is 2.91. The number of alkyl halides is 5. The topological polar surface area (TPSA) is 146 Å². The molecule has 1 fully saturated rings. The summed E-state index contributed by atoms with van der Waals surface area (Å²) in [6.45, 7) is 0. The summed E-state index contributed by atoms with van der Waals surface area (Å²) in [5, 5.41) is 5.43. The zero-order valence-electron chi connectivity index (χ0n) is 21.8. The van der Waals surface area contributed by atoms with E-state index in [1.165, 1.54) is 49.2 Å². The monoisotopic (exact) mass is 583 g/mol. The molecule has 1 aromatic carbocycles. The molecule has 5 N–H and O–H groups in total. The van der Waals surface area contributed by atoms with Gasteiger partial charge in [-0.05, 0) is 23.6 Å². The third kappa shape index (κ3) is 7.83. The molecule has 41 heavy (non-hydrogen) atoms. The molecular weight excluding hydrogens is 556 g/mol. The summed E-state index contributed by atoms with van der Waals surface area (Å²) in [6.07, 6.45) is 4.61. The van der Waals surface area contributed by atoms with Gasteiger partial charge in [-0.1, -0.05) is 38.5 Å². The lowest BCUT2D eigenvalue weighted by Gasteiger charge is -2.08. The lowest BCUT2D eigenvalue weighted by molar-refractivity contribution is -0.138. The van der Waals surface area contributed by atoms with Crippen LogP contribution in [0.5, 0.6) is 0 Å². The van der Waals surface area contributed by atoms with Gasteiger partial charge in [0, 0.05) is 19.4 Å². The summed E-state index contributed by atoms with van der Waals surface area (Å²) in [4.78, 5) is 30.0. The summed E-state index contributed by atoms with van der Waals surface area (Å²) < 4.78 is 76.9. The highest BCUT2D eigenvalue weighted by atomic mass is 19.4. The predicted molar refractivity (Wildman–Crippen MR) is 142 cm³/mol. The van der Waals surface area contributed by atoms with Crippen molar-refractivity contribution >= 4 is 22.3 Å². The Morgan fingerprint density at radius 3 is 2.10 bits per heavy atom. The SMILES string of the molecule is C1CCCCC1.Cn1ccc2cc(-c3ncc(C(F)F)c(N)n3)c(F)cc2c1=O.Nc1cn[nH]c(=O)c1C(F)(F)F. The molecule has 0 atom stereocenters. The van der Waals surface area contributed by atoms with Crippen LogP contribution in [0.3, 0.4) is 0 Å². The first-order chi connectivity index (χ1) is 19.3. The molecule has 15 heteroatoms. The van der Waals surface area contributed by atoms with E-state index in [0.29, 0.717) is 5.39 Å². The van der Waals surface area contributed by atoms with Crippen LogP contribution in [0.1, 0.15) is 56.1 Å². The van der Waals surface area contributed by atoms with E-state index >= 15 is 0 Å². The van der Waals surface area contributed by atoms with Gasteiger partial charge >= 0.3 is 6.18 Å². The number of hydrogen-bond acceptors (Lipinski definition) is 7. The van der Waals surface area contributed by atoms with E-state index in [0.717, 1.165) is 18.5 Å². The van der Waals surface area contributed by atoms with Gasteiger partial charge in [0.2, 0.25) is 0 Å². The van der Waals surface area contributed by atoms with Crippen molar-refractivity contribution in [1.82, 2.24) is 24.7 Å². The van der Waals surface area contributed by atoms with Gasteiger partial charge in [-0.15, -0.1) is 0 Å². The molecule has 4 aromatic rings. The molecule has 5 rings (SSSR count). The fourth-order valence-corrected chi connectivity index (χ4v) is 4.00. The number of halogens is 6. The first kappa shape index (κ1) is 31.1. The van der Waals surface area contributed by atoms with Crippen molar-refractivity contribution in [2.24, 2.45) is 7.05 Å². The van der Waals surface area contributed by atoms with Gasteiger partial charge in [0.25, 0.3) is 17.5 Å². The summed E-state index contributed by atoms with van der Waals surface area (Å²) in [7, 11) is 1.56. The Kier molecular flexibility index (Phi) is 10.1. The maximum Gasteiger partial charge on any atom is 0.423 e. The summed E-state index contributed by atoms with van der Waals surface area (Å²) >= 11 is 0. The van der Waals surface area contributed by atoms with E-state index in [1.807, 2.05) is 0 Å². The van der Waals surface area contributed by atoms with E-state index in [1.54, 1.807) is 24.4 Å². The number of aromatic nitrogens is 5. The zero-order chi connectivity index (χ0) is 30.3. The molecule has 3 aromatic heterocycles. The highest BCUT2D eigenvalue weighted by Crippen LogP contribution is 2.30. The number of benzene rings is 1. The van der Waals surface area contributed by atoms with Gasteiger partial charge in [-0.3, -0.25) is 9.59 Å². The van der Waals surface area contributed by atoms with Gasteiger partial charge in [-0.25, -0.2) is 28.2 Å². The number of nitrogens with zero attached hydrogens (tertiary/aromatic N) is 4. The molecule has 9 nitrogen and oxygen atoms in total. The number of aryl methyl sites for hydroxylation is 1. The van der Waals surface area contributed by atoms with Crippen molar-refractivity contribution in [3.05, 3.63) is 74.4 Å². The van der Waals surface area contributed by atoms with Crippen molar-refractivity contribution in [3.8, 4) is 11.4 Å². The Morgan fingerprint density at radius 2 is 1.61 bits per heavy atom. The second-order valence-electron chi connectivity index (χ2n) is 9.13. The van der Waals surface area contributed by atoms with Crippen molar-refractivity contribution in [2.45, 2.75) is 51.1 Å². The molecule has 220 valence electrons. The number of nitrogens with one attached hydrogen (secondary N) is 1. The molecule has 0 bridgehead atoms. The second kappa shape index (κ2) is 13.3. The van der Waals surface area contributed by atoms with Gasteiger partial charge in [-0.2, -0.15) is 18.3 Å². The van der Waals surface area contributed by atoms with Crippen LogP contribution in [-0.4, -0.2) is 24.7 Å². The van der Waals surface area contributed by atoms with Crippen LogP contribution in [0, 0.1) is 5.82 Å². The van der Waals surface area contributed by atoms with Gasteiger partial charge in [0.1, 0.15) is 17.2 Å². The Morgan fingerprint density at radius 1 is 1.00 bits per heavy atom. The third-order valence-electron chi connectivity index (χ3n) is 6.16. The van der Waals surface area contributed by atoms with E-state index < -0.39 is 46.6 Å². The fraction of sp³-hybridized carbons (Fsp3) is 0.346. The van der Waals surface area contributed by atoms with E-state index in [2.05, 4.69) is 15.1 Å². The number of aromatic amines is 1. The number of nitrogens with two attached hydrogens (primary N) is 2. The number of H-pyrrole nitrogens is 1. The van der Waals surface area contributed by atoms with Crippen molar-refractivity contribution in [3.63, 3.8) is 0 Å². The number of nitrogen functional groups attached to an aromatic ring is 2. The molecule has 0 unspecified atom stereocenters. The predicted octanol–water partition coefficient (Wildman–Crippen LogP) is 5.37. The highest BCUT2D eigenvalue weighted by Gasteiger charge is 2.36. The van der Waals surface area contributed by atoms with Crippen LogP contribution in [-0.2, 0) is 13.2 Å². The van der Waals surface area contributed by atoms with Crippen LogP contribution in [0.4, 0.5) is 37.8 Å². The van der Waals surface area contributed by atoms with Crippen LogP contribution in [0.2, 0.25) is 0 Å². The first-order valence-electron chi connectivity index (χ1n) is 12.4. The third-order valence-corrected chi connectivity index (χ3v) is 6.16. The van der Waals surface area contributed by atoms with Crippen molar-refractivity contribution in [1.29, 1.82) is 0 Å². The Bertz CT molecular complexity index is 1600. The van der Waals surface area contributed by atoms with E-state index in [-0.39, 0.29) is 22.3 Å². The highest BCUT2D eigenvalue weighted by molar-refractivity contribution is 5.86. The zero-order valence-corrected chi connectivity index (χ0v) is 21.8. The minimum Gasteiger partial charge on any atom is -0.397 e.